The summed E-state index contributed by atoms with van der Waals surface area (Å²) in [6.07, 6.45) is 0. The van der Waals surface area contributed by atoms with Crippen LogP contribution in [0.5, 0.6) is 5.75 Å². The highest BCUT2D eigenvalue weighted by atomic mass is 16.5. The summed E-state index contributed by atoms with van der Waals surface area (Å²) in [5.41, 5.74) is 1.37. The van der Waals surface area contributed by atoms with Gasteiger partial charge in [-0.3, -0.25) is 4.79 Å². The van der Waals surface area contributed by atoms with Crippen molar-refractivity contribution in [1.29, 1.82) is 0 Å². The van der Waals surface area contributed by atoms with Crippen molar-refractivity contribution in [1.82, 2.24) is 5.16 Å². The van der Waals surface area contributed by atoms with E-state index in [9.17, 15) is 4.79 Å². The van der Waals surface area contributed by atoms with Crippen LogP contribution in [-0.2, 0) is 0 Å². The summed E-state index contributed by atoms with van der Waals surface area (Å²) in [5, 5.41) is 4.43. The van der Waals surface area contributed by atoms with Crippen LogP contribution in [0.25, 0.3) is 22.2 Å². The van der Waals surface area contributed by atoms with Gasteiger partial charge in [-0.2, -0.15) is 0 Å². The molecule has 0 radical (unpaired) electrons. The van der Waals surface area contributed by atoms with E-state index in [0.29, 0.717) is 22.2 Å². The van der Waals surface area contributed by atoms with Crippen LogP contribution in [-0.4, -0.2) is 12.3 Å². The number of benzene rings is 2. The normalized spacial score (nSPS) is 10.6. The summed E-state index contributed by atoms with van der Waals surface area (Å²) in [5.74, 6) is 0.730. The van der Waals surface area contributed by atoms with Crippen LogP contribution in [0.1, 0.15) is 0 Å². The summed E-state index contributed by atoms with van der Waals surface area (Å²) in [6.45, 7) is 0. The summed E-state index contributed by atoms with van der Waals surface area (Å²) in [7, 11) is 1.59. The molecule has 0 saturated heterocycles. The standard InChI is InChI=1S/C15H11NO3/c1-18-11-8-6-10(7-9-11)14-15(17)12-4-2-3-5-13(12)19-16-14/h2-9H,1H3. The van der Waals surface area contributed by atoms with E-state index in [1.807, 2.05) is 0 Å². The molecule has 1 aromatic heterocycles. The molecule has 2 aromatic carbocycles. The van der Waals surface area contributed by atoms with Crippen LogP contribution in [0, 0.1) is 0 Å². The topological polar surface area (TPSA) is 52.3 Å². The monoisotopic (exact) mass is 253 g/mol. The van der Waals surface area contributed by atoms with Gasteiger partial charge in [0.2, 0.25) is 5.43 Å². The first kappa shape index (κ1) is 11.5. The smallest absolute Gasteiger partial charge is 0.219 e. The van der Waals surface area contributed by atoms with Gasteiger partial charge in [-0.25, -0.2) is 0 Å². The molecular weight excluding hydrogens is 242 g/mol. The zero-order valence-corrected chi connectivity index (χ0v) is 10.3. The molecule has 0 N–H and O–H groups in total. The molecule has 4 heteroatoms. The third-order valence-electron chi connectivity index (χ3n) is 2.95. The Labute approximate surface area is 109 Å². The predicted octanol–water partition coefficient (Wildman–Crippen LogP) is 2.86. The number of hydrogen-bond donors (Lipinski definition) is 0. The highest BCUT2D eigenvalue weighted by Gasteiger charge is 2.10. The number of ether oxygens (including phenoxy) is 1. The molecule has 3 rings (SSSR count). The Balaban J connectivity index is 2.19. The Kier molecular flexibility index (Phi) is 2.76. The van der Waals surface area contributed by atoms with Crippen molar-refractivity contribution >= 4 is 11.0 Å². The molecule has 94 valence electrons. The second-order valence-electron chi connectivity index (χ2n) is 4.08. The summed E-state index contributed by atoms with van der Waals surface area (Å²) in [4.78, 5) is 12.3. The van der Waals surface area contributed by atoms with E-state index in [1.54, 1.807) is 55.6 Å². The molecule has 0 aliphatic carbocycles. The Hall–Kier alpha value is -2.62. The second kappa shape index (κ2) is 4.57. The number of hydrogen-bond acceptors (Lipinski definition) is 4. The summed E-state index contributed by atoms with van der Waals surface area (Å²) in [6, 6.07) is 14.2. The van der Waals surface area contributed by atoms with Gasteiger partial charge in [-0.05, 0) is 36.4 Å². The number of methoxy groups -OCH3 is 1. The van der Waals surface area contributed by atoms with Crippen LogP contribution in [0.15, 0.2) is 57.8 Å². The molecule has 4 nitrogen and oxygen atoms in total. The van der Waals surface area contributed by atoms with Crippen LogP contribution in [0.3, 0.4) is 0 Å². The quantitative estimate of drug-likeness (QED) is 0.704. The lowest BCUT2D eigenvalue weighted by molar-refractivity contribution is 0.415. The Morgan fingerprint density at radius 2 is 1.79 bits per heavy atom. The lowest BCUT2D eigenvalue weighted by atomic mass is 10.1. The fourth-order valence-electron chi connectivity index (χ4n) is 1.93. The van der Waals surface area contributed by atoms with Gasteiger partial charge in [0.25, 0.3) is 0 Å². The van der Waals surface area contributed by atoms with Crippen molar-refractivity contribution in [3.8, 4) is 17.0 Å². The van der Waals surface area contributed by atoms with Gasteiger partial charge >= 0.3 is 0 Å². The second-order valence-corrected chi connectivity index (χ2v) is 4.08. The lowest BCUT2D eigenvalue weighted by Crippen LogP contribution is -2.07. The minimum absolute atomic E-state index is 0.132. The number of nitrogens with zero attached hydrogens (tertiary/aromatic N) is 1. The zero-order chi connectivity index (χ0) is 13.2. The average molecular weight is 253 g/mol. The molecule has 1 heterocycles. The number of fused-ring (bicyclic) bond motifs is 1. The minimum Gasteiger partial charge on any atom is -0.497 e. The molecule has 0 aliphatic heterocycles. The van der Waals surface area contributed by atoms with Crippen LogP contribution in [0.4, 0.5) is 0 Å². The predicted molar refractivity (Wildman–Crippen MR) is 72.3 cm³/mol. The van der Waals surface area contributed by atoms with Gasteiger partial charge in [-0.1, -0.05) is 17.3 Å². The molecule has 0 bridgehead atoms. The first-order valence-electron chi connectivity index (χ1n) is 5.83. The van der Waals surface area contributed by atoms with Crippen LogP contribution >= 0.6 is 0 Å². The summed E-state index contributed by atoms with van der Waals surface area (Å²) < 4.78 is 10.3. The SMILES string of the molecule is COc1ccc(-c2noc3ccccc3c2=O)cc1. The number of rotatable bonds is 2. The highest BCUT2D eigenvalue weighted by Crippen LogP contribution is 2.20. The van der Waals surface area contributed by atoms with E-state index < -0.39 is 0 Å². The Morgan fingerprint density at radius 3 is 2.53 bits per heavy atom. The molecule has 3 aromatic rings. The fraction of sp³-hybridized carbons (Fsp3) is 0.0667. The molecule has 0 fully saturated rings. The molecule has 0 atom stereocenters. The van der Waals surface area contributed by atoms with Crippen molar-refractivity contribution in [2.45, 2.75) is 0 Å². The van der Waals surface area contributed by atoms with Crippen LogP contribution < -0.4 is 10.2 Å². The van der Waals surface area contributed by atoms with E-state index >= 15 is 0 Å². The largest absolute Gasteiger partial charge is 0.497 e. The third kappa shape index (κ3) is 1.97. The molecule has 0 spiro atoms. The molecule has 0 aliphatic rings. The fourth-order valence-corrected chi connectivity index (χ4v) is 1.93. The average Bonchev–Trinajstić information content (AvgIpc) is 2.48. The van der Waals surface area contributed by atoms with E-state index in [-0.39, 0.29) is 5.43 Å². The van der Waals surface area contributed by atoms with E-state index in [4.69, 9.17) is 9.26 Å². The third-order valence-corrected chi connectivity index (χ3v) is 2.95. The van der Waals surface area contributed by atoms with Gasteiger partial charge < -0.3 is 9.26 Å². The Morgan fingerprint density at radius 1 is 1.05 bits per heavy atom. The van der Waals surface area contributed by atoms with Crippen molar-refractivity contribution in [2.75, 3.05) is 7.11 Å². The minimum atomic E-state index is -0.132. The van der Waals surface area contributed by atoms with Crippen LogP contribution in [0.2, 0.25) is 0 Å². The number of para-hydroxylation sites is 1. The van der Waals surface area contributed by atoms with Crippen molar-refractivity contribution in [3.63, 3.8) is 0 Å². The molecule has 0 unspecified atom stereocenters. The molecule has 0 amide bonds. The van der Waals surface area contributed by atoms with Crippen molar-refractivity contribution < 1.29 is 9.26 Å². The van der Waals surface area contributed by atoms with E-state index in [2.05, 4.69) is 5.16 Å². The molecular formula is C15H11NO3. The van der Waals surface area contributed by atoms with Gasteiger partial charge in [0.1, 0.15) is 5.75 Å². The van der Waals surface area contributed by atoms with Crippen molar-refractivity contribution in [2.24, 2.45) is 0 Å². The van der Waals surface area contributed by atoms with Gasteiger partial charge in [-0.15, -0.1) is 0 Å². The summed E-state index contributed by atoms with van der Waals surface area (Å²) >= 11 is 0. The van der Waals surface area contributed by atoms with Gasteiger partial charge in [0.05, 0.1) is 12.5 Å². The molecule has 19 heavy (non-hydrogen) atoms. The maximum Gasteiger partial charge on any atom is 0.219 e. The maximum atomic E-state index is 12.3. The first-order valence-corrected chi connectivity index (χ1v) is 5.83. The van der Waals surface area contributed by atoms with E-state index in [0.717, 1.165) is 5.75 Å². The zero-order valence-electron chi connectivity index (χ0n) is 10.3. The molecule has 0 saturated carbocycles. The maximum absolute atomic E-state index is 12.3. The van der Waals surface area contributed by atoms with E-state index in [1.165, 1.54) is 0 Å². The van der Waals surface area contributed by atoms with Gasteiger partial charge in [0, 0.05) is 5.56 Å². The number of aromatic nitrogens is 1. The highest BCUT2D eigenvalue weighted by molar-refractivity contribution is 5.79. The van der Waals surface area contributed by atoms with Gasteiger partial charge in [0.15, 0.2) is 11.3 Å². The first-order chi connectivity index (χ1) is 9.29. The van der Waals surface area contributed by atoms with Crippen molar-refractivity contribution in [3.05, 3.63) is 58.8 Å². The lowest BCUT2D eigenvalue weighted by Gasteiger charge is -2.02. The Bertz CT molecular complexity index is 775.